The Morgan fingerprint density at radius 2 is 2.00 bits per heavy atom. The van der Waals surface area contributed by atoms with Crippen LogP contribution in [0.3, 0.4) is 0 Å². The predicted octanol–water partition coefficient (Wildman–Crippen LogP) is 3.02. The van der Waals surface area contributed by atoms with E-state index in [0.29, 0.717) is 5.15 Å². The van der Waals surface area contributed by atoms with Crippen molar-refractivity contribution in [2.45, 2.75) is 23.3 Å². The van der Waals surface area contributed by atoms with Crippen molar-refractivity contribution >= 4 is 35.0 Å². The first-order valence-corrected chi connectivity index (χ1v) is 5.82. The summed E-state index contributed by atoms with van der Waals surface area (Å²) in [5.74, 6) is 0.936. The minimum atomic E-state index is 0.256. The van der Waals surface area contributed by atoms with E-state index in [4.69, 9.17) is 23.2 Å². The summed E-state index contributed by atoms with van der Waals surface area (Å²) in [7, 11) is 0. The van der Waals surface area contributed by atoms with Gasteiger partial charge in [0.2, 0.25) is 5.28 Å². The van der Waals surface area contributed by atoms with Gasteiger partial charge < -0.3 is 0 Å². The molecule has 0 aromatic carbocycles. The Hall–Kier alpha value is 0.01000. The molecule has 2 aliphatic rings. The highest BCUT2D eigenvalue weighted by Gasteiger charge is 2.52. The topological polar surface area (TPSA) is 25.8 Å². The summed E-state index contributed by atoms with van der Waals surface area (Å²) >= 11 is 13.7. The van der Waals surface area contributed by atoms with Gasteiger partial charge in [-0.3, -0.25) is 0 Å². The van der Waals surface area contributed by atoms with E-state index < -0.39 is 0 Å². The Bertz CT molecular complexity index is 390. The van der Waals surface area contributed by atoms with Crippen LogP contribution in [0.25, 0.3) is 0 Å². The lowest BCUT2D eigenvalue weighted by Gasteiger charge is -2.05. The normalized spacial score (nSPS) is 22.0. The first-order chi connectivity index (χ1) is 6.21. The maximum atomic E-state index is 5.98. The second kappa shape index (κ2) is 2.53. The SMILES string of the molecule is Clc1nc(Cl)c2c(n1)C1(CC1)SC2. The fraction of sp³-hybridized carbons (Fsp3) is 0.500. The third kappa shape index (κ3) is 1.10. The van der Waals surface area contributed by atoms with Crippen molar-refractivity contribution in [3.8, 4) is 0 Å². The number of rotatable bonds is 0. The van der Waals surface area contributed by atoms with E-state index >= 15 is 0 Å². The Labute approximate surface area is 90.0 Å². The van der Waals surface area contributed by atoms with E-state index in [2.05, 4.69) is 9.97 Å². The monoisotopic (exact) mass is 232 g/mol. The second-order valence-corrected chi connectivity index (χ2v) is 5.45. The lowest BCUT2D eigenvalue weighted by atomic mass is 10.2. The highest BCUT2D eigenvalue weighted by molar-refractivity contribution is 8.00. The van der Waals surface area contributed by atoms with E-state index in [1.165, 1.54) is 12.8 Å². The van der Waals surface area contributed by atoms with Crippen LogP contribution in [0.2, 0.25) is 10.4 Å². The van der Waals surface area contributed by atoms with Crippen LogP contribution in [0.5, 0.6) is 0 Å². The molecule has 0 bridgehead atoms. The maximum Gasteiger partial charge on any atom is 0.224 e. The van der Waals surface area contributed by atoms with Crippen LogP contribution in [0.15, 0.2) is 0 Å². The van der Waals surface area contributed by atoms with Crippen LogP contribution < -0.4 is 0 Å². The van der Waals surface area contributed by atoms with Crippen LogP contribution in [-0.2, 0) is 10.5 Å². The number of hydrogen-bond donors (Lipinski definition) is 0. The smallest absolute Gasteiger partial charge is 0.221 e. The standard InChI is InChI=1S/C8H6Cl2N2S/c9-6-4-3-13-8(1-2-8)5(4)11-7(10)12-6/h1-3H2. The van der Waals surface area contributed by atoms with Gasteiger partial charge in [-0.2, -0.15) is 0 Å². The van der Waals surface area contributed by atoms with E-state index in [1.807, 2.05) is 11.8 Å². The third-order valence-electron chi connectivity index (χ3n) is 2.56. The summed E-state index contributed by atoms with van der Waals surface area (Å²) < 4.78 is 0.256. The molecule has 0 atom stereocenters. The van der Waals surface area contributed by atoms with Crippen molar-refractivity contribution in [3.63, 3.8) is 0 Å². The van der Waals surface area contributed by atoms with Crippen molar-refractivity contribution in [3.05, 3.63) is 21.7 Å². The number of thioether (sulfide) groups is 1. The quantitative estimate of drug-likeness (QED) is 0.508. The zero-order chi connectivity index (χ0) is 9.05. The molecule has 0 amide bonds. The van der Waals surface area contributed by atoms with Crippen LogP contribution >= 0.6 is 35.0 Å². The molecule has 0 saturated heterocycles. The average molecular weight is 233 g/mol. The molecule has 1 aromatic heterocycles. The molecule has 1 fully saturated rings. The molecule has 1 aliphatic heterocycles. The zero-order valence-corrected chi connectivity index (χ0v) is 9.01. The van der Waals surface area contributed by atoms with E-state index in [-0.39, 0.29) is 10.0 Å². The Morgan fingerprint density at radius 1 is 1.23 bits per heavy atom. The van der Waals surface area contributed by atoms with Gasteiger partial charge in [0.15, 0.2) is 0 Å². The molecule has 1 saturated carbocycles. The highest BCUT2D eigenvalue weighted by atomic mass is 35.5. The number of fused-ring (bicyclic) bond motifs is 2. The van der Waals surface area contributed by atoms with Gasteiger partial charge in [-0.05, 0) is 24.4 Å². The van der Waals surface area contributed by atoms with Crippen LogP contribution in [-0.4, -0.2) is 9.97 Å². The first-order valence-electron chi connectivity index (χ1n) is 4.08. The van der Waals surface area contributed by atoms with Crippen LogP contribution in [0, 0.1) is 0 Å². The fourth-order valence-electron chi connectivity index (χ4n) is 1.71. The Balaban J connectivity index is 2.24. The molecular formula is C8H6Cl2N2S. The molecule has 5 heteroatoms. The van der Waals surface area contributed by atoms with Crippen LogP contribution in [0.1, 0.15) is 24.1 Å². The van der Waals surface area contributed by atoms with Gasteiger partial charge >= 0.3 is 0 Å². The molecule has 1 aromatic rings. The summed E-state index contributed by atoms with van der Waals surface area (Å²) in [5.41, 5.74) is 2.18. The number of nitrogens with zero attached hydrogens (tertiary/aromatic N) is 2. The largest absolute Gasteiger partial charge is 0.224 e. The van der Waals surface area contributed by atoms with Crippen molar-refractivity contribution in [1.29, 1.82) is 0 Å². The molecule has 3 rings (SSSR count). The summed E-state index contributed by atoms with van der Waals surface area (Å²) in [4.78, 5) is 8.22. The van der Waals surface area contributed by atoms with Gasteiger partial charge in [0, 0.05) is 11.3 Å². The molecular weight excluding hydrogens is 227 g/mol. The lowest BCUT2D eigenvalue weighted by molar-refractivity contribution is 0.934. The van der Waals surface area contributed by atoms with Crippen molar-refractivity contribution in [2.75, 3.05) is 0 Å². The Kier molecular flexibility index (Phi) is 1.62. The van der Waals surface area contributed by atoms with E-state index in [0.717, 1.165) is 17.0 Å². The van der Waals surface area contributed by atoms with Crippen molar-refractivity contribution < 1.29 is 0 Å². The molecule has 13 heavy (non-hydrogen) atoms. The van der Waals surface area contributed by atoms with E-state index in [1.54, 1.807) is 0 Å². The summed E-state index contributed by atoms with van der Waals surface area (Å²) in [5, 5.41) is 0.809. The second-order valence-electron chi connectivity index (χ2n) is 3.39. The molecule has 2 heterocycles. The molecule has 2 nitrogen and oxygen atoms in total. The van der Waals surface area contributed by atoms with Gasteiger partial charge in [-0.1, -0.05) is 11.6 Å². The fourth-order valence-corrected chi connectivity index (χ4v) is 3.63. The molecule has 1 aliphatic carbocycles. The van der Waals surface area contributed by atoms with Gasteiger partial charge in [-0.25, -0.2) is 9.97 Å². The molecule has 68 valence electrons. The summed E-state index contributed by atoms with van der Waals surface area (Å²) in [6.45, 7) is 0. The third-order valence-corrected chi connectivity index (χ3v) is 4.63. The minimum absolute atomic E-state index is 0.256. The van der Waals surface area contributed by atoms with Crippen molar-refractivity contribution in [2.24, 2.45) is 0 Å². The minimum Gasteiger partial charge on any atom is -0.221 e. The lowest BCUT2D eigenvalue weighted by Crippen LogP contribution is -2.02. The van der Waals surface area contributed by atoms with Gasteiger partial charge in [0.05, 0.1) is 10.4 Å². The average Bonchev–Trinajstić information content (AvgIpc) is 2.73. The van der Waals surface area contributed by atoms with Gasteiger partial charge in [0.25, 0.3) is 0 Å². The molecule has 0 radical (unpaired) electrons. The maximum absolute atomic E-state index is 5.98. The predicted molar refractivity (Wildman–Crippen MR) is 54.3 cm³/mol. The van der Waals surface area contributed by atoms with Crippen molar-refractivity contribution in [1.82, 2.24) is 9.97 Å². The first kappa shape index (κ1) is 8.33. The number of hydrogen-bond acceptors (Lipinski definition) is 3. The zero-order valence-electron chi connectivity index (χ0n) is 6.68. The highest BCUT2D eigenvalue weighted by Crippen LogP contribution is 2.63. The molecule has 0 unspecified atom stereocenters. The number of aromatic nitrogens is 2. The van der Waals surface area contributed by atoms with Gasteiger partial charge in [0.1, 0.15) is 5.15 Å². The summed E-state index contributed by atoms with van der Waals surface area (Å²) in [6.07, 6.45) is 2.41. The molecule has 0 N–H and O–H groups in total. The van der Waals surface area contributed by atoms with E-state index in [9.17, 15) is 0 Å². The summed E-state index contributed by atoms with van der Waals surface area (Å²) in [6, 6.07) is 0. The Morgan fingerprint density at radius 3 is 2.69 bits per heavy atom. The van der Waals surface area contributed by atoms with Crippen LogP contribution in [0.4, 0.5) is 0 Å². The number of halogens is 2. The molecule has 1 spiro atoms. The van der Waals surface area contributed by atoms with Gasteiger partial charge in [-0.15, -0.1) is 11.8 Å².